The van der Waals surface area contributed by atoms with Gasteiger partial charge in [0.25, 0.3) is 5.91 Å². The summed E-state index contributed by atoms with van der Waals surface area (Å²) >= 11 is 1.58. The molecule has 0 radical (unpaired) electrons. The van der Waals surface area contributed by atoms with Crippen molar-refractivity contribution in [3.05, 3.63) is 59.2 Å². The molecule has 1 amide bonds. The number of amides is 1. The number of hydrogen-bond acceptors (Lipinski definition) is 3. The van der Waals surface area contributed by atoms with Crippen LogP contribution in [0.4, 0.5) is 0 Å². The summed E-state index contributed by atoms with van der Waals surface area (Å²) in [6.45, 7) is 2.05. The second-order valence-corrected chi connectivity index (χ2v) is 10.6. The van der Waals surface area contributed by atoms with E-state index < -0.39 is 12.0 Å². The van der Waals surface area contributed by atoms with Gasteiger partial charge in [-0.05, 0) is 72.4 Å². The summed E-state index contributed by atoms with van der Waals surface area (Å²) in [4.78, 5) is 24.9. The molecule has 2 aromatic rings. The molecule has 0 saturated heterocycles. The van der Waals surface area contributed by atoms with E-state index in [2.05, 4.69) is 11.4 Å². The minimum absolute atomic E-state index is 0.324. The van der Waals surface area contributed by atoms with Gasteiger partial charge < -0.3 is 10.4 Å². The van der Waals surface area contributed by atoms with Crippen molar-refractivity contribution >= 4 is 23.6 Å². The molecule has 4 nitrogen and oxygen atoms in total. The molecule has 0 unspecified atom stereocenters. The van der Waals surface area contributed by atoms with Gasteiger partial charge in [-0.2, -0.15) is 11.8 Å². The Kier molecular flexibility index (Phi) is 10.5. The van der Waals surface area contributed by atoms with Crippen molar-refractivity contribution in [1.29, 1.82) is 0 Å². The highest BCUT2D eigenvalue weighted by Gasteiger charge is 2.22. The van der Waals surface area contributed by atoms with E-state index in [0.29, 0.717) is 17.7 Å². The first-order chi connectivity index (χ1) is 16.5. The van der Waals surface area contributed by atoms with Crippen LogP contribution >= 0.6 is 11.8 Å². The summed E-state index contributed by atoms with van der Waals surface area (Å²) in [6, 6.07) is 13.2. The molecule has 3 rings (SSSR count). The van der Waals surface area contributed by atoms with E-state index in [1.54, 1.807) is 11.8 Å². The zero-order valence-corrected chi connectivity index (χ0v) is 21.5. The van der Waals surface area contributed by atoms with Crippen LogP contribution in [0.3, 0.4) is 0 Å². The number of benzene rings is 2. The van der Waals surface area contributed by atoms with Crippen LogP contribution in [0.1, 0.15) is 79.3 Å². The minimum Gasteiger partial charge on any atom is -0.480 e. The van der Waals surface area contributed by atoms with E-state index in [1.807, 2.05) is 49.6 Å². The SMILES string of the molecule is CSCC[C@H](NC(=O)c1ccc(CCCCC2CCCCC2)cc1-c1ccccc1C)C(=O)O. The first-order valence-corrected chi connectivity index (χ1v) is 14.1. The Hall–Kier alpha value is -2.27. The molecule has 1 aliphatic carbocycles. The number of rotatable bonds is 12. The van der Waals surface area contributed by atoms with E-state index in [-0.39, 0.29) is 5.91 Å². The number of aryl methyl sites for hydroxylation is 2. The molecule has 184 valence electrons. The highest BCUT2D eigenvalue weighted by Crippen LogP contribution is 2.30. The van der Waals surface area contributed by atoms with E-state index in [1.165, 1.54) is 50.5 Å². The van der Waals surface area contributed by atoms with Crippen LogP contribution in [0.15, 0.2) is 42.5 Å². The largest absolute Gasteiger partial charge is 0.480 e. The zero-order valence-electron chi connectivity index (χ0n) is 20.6. The predicted octanol–water partition coefficient (Wildman–Crippen LogP) is 6.89. The third kappa shape index (κ3) is 7.63. The van der Waals surface area contributed by atoms with Gasteiger partial charge in [-0.1, -0.05) is 81.3 Å². The fourth-order valence-electron chi connectivity index (χ4n) is 5.01. The van der Waals surface area contributed by atoms with Crippen molar-refractivity contribution in [2.45, 2.75) is 77.2 Å². The van der Waals surface area contributed by atoms with Gasteiger partial charge in [0.2, 0.25) is 0 Å². The van der Waals surface area contributed by atoms with Gasteiger partial charge in [0.1, 0.15) is 6.04 Å². The molecule has 0 heterocycles. The van der Waals surface area contributed by atoms with E-state index in [4.69, 9.17) is 0 Å². The van der Waals surface area contributed by atoms with Gasteiger partial charge >= 0.3 is 5.97 Å². The van der Waals surface area contributed by atoms with Crippen LogP contribution in [0.25, 0.3) is 11.1 Å². The van der Waals surface area contributed by atoms with Crippen LogP contribution < -0.4 is 5.32 Å². The second kappa shape index (κ2) is 13.6. The number of carboxylic acids is 1. The Morgan fingerprint density at radius 2 is 1.82 bits per heavy atom. The van der Waals surface area contributed by atoms with Crippen LogP contribution in [0.5, 0.6) is 0 Å². The molecule has 1 fully saturated rings. The highest BCUT2D eigenvalue weighted by atomic mass is 32.2. The standard InChI is InChI=1S/C29H39NO3S/c1-21-10-6-9-15-24(21)26-20-23(14-8-7-13-22-11-4-3-5-12-22)16-17-25(26)28(31)30-27(29(32)33)18-19-34-2/h6,9-10,15-17,20,22,27H,3-5,7-8,11-14,18-19H2,1-2H3,(H,30,31)(H,32,33)/t27-/m0/s1. The summed E-state index contributed by atoms with van der Waals surface area (Å²) in [5.41, 5.74) is 4.77. The van der Waals surface area contributed by atoms with Crippen LogP contribution in [-0.4, -0.2) is 35.0 Å². The normalized spacial score (nSPS) is 15.1. The summed E-state index contributed by atoms with van der Waals surface area (Å²) < 4.78 is 0. The minimum atomic E-state index is -0.991. The number of thioether (sulfide) groups is 1. The van der Waals surface area contributed by atoms with Crippen LogP contribution in [-0.2, 0) is 11.2 Å². The van der Waals surface area contributed by atoms with Gasteiger partial charge in [0, 0.05) is 5.56 Å². The van der Waals surface area contributed by atoms with Crippen molar-refractivity contribution in [2.75, 3.05) is 12.0 Å². The maximum absolute atomic E-state index is 13.2. The number of hydrogen-bond donors (Lipinski definition) is 2. The second-order valence-electron chi connectivity index (χ2n) is 9.59. The molecule has 0 bridgehead atoms. The maximum atomic E-state index is 13.2. The number of unbranched alkanes of at least 4 members (excludes halogenated alkanes) is 1. The lowest BCUT2D eigenvalue weighted by atomic mass is 9.85. The summed E-state index contributed by atoms with van der Waals surface area (Å²) in [7, 11) is 0. The van der Waals surface area contributed by atoms with Crippen molar-refractivity contribution < 1.29 is 14.7 Å². The highest BCUT2D eigenvalue weighted by molar-refractivity contribution is 7.98. The summed E-state index contributed by atoms with van der Waals surface area (Å²) in [5.74, 6) is 0.280. The first kappa shape index (κ1) is 26.3. The van der Waals surface area contributed by atoms with Gasteiger partial charge in [-0.15, -0.1) is 0 Å². The molecule has 2 aromatic carbocycles. The quantitative estimate of drug-likeness (QED) is 0.324. The van der Waals surface area contributed by atoms with E-state index in [0.717, 1.165) is 35.4 Å². The fraction of sp³-hybridized carbons (Fsp3) is 0.517. The van der Waals surface area contributed by atoms with Gasteiger partial charge in [-0.3, -0.25) is 4.79 Å². The lowest BCUT2D eigenvalue weighted by molar-refractivity contribution is -0.139. The lowest BCUT2D eigenvalue weighted by Crippen LogP contribution is -2.41. The molecule has 1 atom stereocenters. The average Bonchev–Trinajstić information content (AvgIpc) is 2.85. The third-order valence-electron chi connectivity index (χ3n) is 7.03. The van der Waals surface area contributed by atoms with Gasteiger partial charge in [0.05, 0.1) is 0 Å². The third-order valence-corrected chi connectivity index (χ3v) is 7.67. The van der Waals surface area contributed by atoms with E-state index in [9.17, 15) is 14.7 Å². The fourth-order valence-corrected chi connectivity index (χ4v) is 5.48. The van der Waals surface area contributed by atoms with Gasteiger partial charge in [-0.25, -0.2) is 4.79 Å². The molecule has 2 N–H and O–H groups in total. The predicted molar refractivity (Wildman–Crippen MR) is 143 cm³/mol. The molecule has 5 heteroatoms. The Morgan fingerprint density at radius 3 is 2.53 bits per heavy atom. The topological polar surface area (TPSA) is 66.4 Å². The summed E-state index contributed by atoms with van der Waals surface area (Å²) in [5, 5.41) is 12.3. The average molecular weight is 482 g/mol. The number of nitrogens with one attached hydrogen (secondary N) is 1. The Balaban J connectivity index is 1.75. The van der Waals surface area contributed by atoms with Crippen LogP contribution in [0.2, 0.25) is 0 Å². The van der Waals surface area contributed by atoms with Crippen molar-refractivity contribution in [2.24, 2.45) is 5.92 Å². The molecular formula is C29H39NO3S. The van der Waals surface area contributed by atoms with Crippen molar-refractivity contribution in [3.8, 4) is 11.1 Å². The Bertz CT molecular complexity index is 952. The smallest absolute Gasteiger partial charge is 0.326 e. The van der Waals surface area contributed by atoms with Crippen molar-refractivity contribution in [3.63, 3.8) is 0 Å². The maximum Gasteiger partial charge on any atom is 0.326 e. The molecular weight excluding hydrogens is 442 g/mol. The van der Waals surface area contributed by atoms with E-state index >= 15 is 0 Å². The Labute approximate surface area is 208 Å². The number of carbonyl (C=O) groups is 2. The summed E-state index contributed by atoms with van der Waals surface area (Å²) in [6.07, 6.45) is 14.1. The molecule has 0 spiro atoms. The molecule has 1 saturated carbocycles. The van der Waals surface area contributed by atoms with Crippen LogP contribution in [0, 0.1) is 12.8 Å². The van der Waals surface area contributed by atoms with Gasteiger partial charge in [0.15, 0.2) is 0 Å². The zero-order chi connectivity index (χ0) is 24.3. The first-order valence-electron chi connectivity index (χ1n) is 12.7. The Morgan fingerprint density at radius 1 is 1.06 bits per heavy atom. The molecule has 34 heavy (non-hydrogen) atoms. The van der Waals surface area contributed by atoms with Crippen molar-refractivity contribution in [1.82, 2.24) is 5.32 Å². The number of aliphatic carboxylic acids is 1. The molecule has 0 aromatic heterocycles. The monoisotopic (exact) mass is 481 g/mol. The molecule has 0 aliphatic heterocycles. The lowest BCUT2D eigenvalue weighted by Gasteiger charge is -2.21. The number of carbonyl (C=O) groups excluding carboxylic acids is 1. The molecule has 1 aliphatic rings. The number of carboxylic acid groups (broad SMARTS) is 1.